The van der Waals surface area contributed by atoms with Crippen molar-refractivity contribution < 1.29 is 11.3 Å². The van der Waals surface area contributed by atoms with Crippen LogP contribution in [0.2, 0.25) is 0 Å². The first-order valence-corrected chi connectivity index (χ1v) is 5.56. The van der Waals surface area contributed by atoms with Crippen molar-refractivity contribution in [2.24, 2.45) is 0 Å². The minimum atomic E-state index is 0. The molecule has 0 spiro atoms. The highest BCUT2D eigenvalue weighted by Crippen LogP contribution is 2.22. The van der Waals surface area contributed by atoms with Crippen molar-refractivity contribution in [2.45, 2.75) is 26.2 Å². The number of ether oxygens (including phenoxy) is 1. The van der Waals surface area contributed by atoms with Crippen molar-refractivity contribution in [1.82, 2.24) is 4.98 Å². The first-order valence-electron chi connectivity index (χ1n) is 5.56. The molecule has 0 aliphatic heterocycles. The SMILES string of the molecule is C#CC#CC#CO.COc1ccc(C(C)(C)C)cn1.[HH]. The van der Waals surface area contributed by atoms with Crippen LogP contribution in [0.15, 0.2) is 18.3 Å². The summed E-state index contributed by atoms with van der Waals surface area (Å²) >= 11 is 0. The fourth-order valence-electron chi connectivity index (χ4n) is 1.04. The summed E-state index contributed by atoms with van der Waals surface area (Å²) in [6, 6.07) is 3.94. The zero-order valence-corrected chi connectivity index (χ0v) is 11.6. The Kier molecular flexibility index (Phi) is 7.36. The molecule has 0 atom stereocenters. The molecule has 3 nitrogen and oxygen atoms in total. The van der Waals surface area contributed by atoms with Gasteiger partial charge in [0.05, 0.1) is 7.11 Å². The van der Waals surface area contributed by atoms with Gasteiger partial charge in [-0.05, 0) is 22.8 Å². The highest BCUT2D eigenvalue weighted by molar-refractivity contribution is 5.32. The number of pyridine rings is 1. The maximum atomic E-state index is 7.76. The third-order valence-corrected chi connectivity index (χ3v) is 2.06. The lowest BCUT2D eigenvalue weighted by molar-refractivity contribution is 0.397. The lowest BCUT2D eigenvalue weighted by Crippen LogP contribution is -2.11. The summed E-state index contributed by atoms with van der Waals surface area (Å²) in [5.41, 5.74) is 1.39. The van der Waals surface area contributed by atoms with Gasteiger partial charge in [-0.3, -0.25) is 0 Å². The molecule has 100 valence electrons. The monoisotopic (exact) mass is 257 g/mol. The van der Waals surface area contributed by atoms with E-state index in [1.54, 1.807) is 13.2 Å². The van der Waals surface area contributed by atoms with Gasteiger partial charge in [-0.25, -0.2) is 4.98 Å². The van der Waals surface area contributed by atoms with Gasteiger partial charge >= 0.3 is 0 Å². The second kappa shape index (κ2) is 8.51. The first-order chi connectivity index (χ1) is 8.95. The van der Waals surface area contributed by atoms with Crippen molar-refractivity contribution in [3.05, 3.63) is 23.9 Å². The minimum Gasteiger partial charge on any atom is -0.481 e. The standard InChI is InChI=1S/C10H15NO.C6H2O.H2/c1-10(2,3)8-5-6-9(12-4)11-7-8;1-2-3-4-5-6-7;/h5-7H,1-4H3;1,7H;1H. The van der Waals surface area contributed by atoms with Gasteiger partial charge in [0.25, 0.3) is 0 Å². The third-order valence-electron chi connectivity index (χ3n) is 2.06. The highest BCUT2D eigenvalue weighted by atomic mass is 16.5. The van der Waals surface area contributed by atoms with E-state index in [4.69, 9.17) is 16.3 Å². The summed E-state index contributed by atoms with van der Waals surface area (Å²) in [6.45, 7) is 6.49. The van der Waals surface area contributed by atoms with E-state index < -0.39 is 0 Å². The Balaban J connectivity index is 0. The Labute approximate surface area is 116 Å². The van der Waals surface area contributed by atoms with Crippen LogP contribution in [0, 0.1) is 36.2 Å². The average molecular weight is 257 g/mol. The molecule has 0 amide bonds. The van der Waals surface area contributed by atoms with E-state index in [2.05, 4.69) is 43.5 Å². The van der Waals surface area contributed by atoms with E-state index in [-0.39, 0.29) is 6.84 Å². The Morgan fingerprint density at radius 2 is 1.95 bits per heavy atom. The maximum absolute atomic E-state index is 7.76. The zero-order chi connectivity index (χ0) is 14.7. The number of aliphatic hydroxyl groups excluding tert-OH is 1. The minimum absolute atomic E-state index is 0. The topological polar surface area (TPSA) is 42.4 Å². The van der Waals surface area contributed by atoms with Crippen LogP contribution >= 0.6 is 0 Å². The van der Waals surface area contributed by atoms with Crippen LogP contribution in [0.5, 0.6) is 5.88 Å². The van der Waals surface area contributed by atoms with Crippen LogP contribution in [-0.2, 0) is 5.41 Å². The van der Waals surface area contributed by atoms with Gasteiger partial charge < -0.3 is 9.84 Å². The fraction of sp³-hybridized carbons (Fsp3) is 0.312. The lowest BCUT2D eigenvalue weighted by Gasteiger charge is -2.18. The van der Waals surface area contributed by atoms with E-state index in [0.717, 1.165) is 0 Å². The molecule has 3 heteroatoms. The molecule has 1 aromatic rings. The molecular weight excluding hydrogens is 238 g/mol. The maximum Gasteiger partial charge on any atom is 0.212 e. The highest BCUT2D eigenvalue weighted by Gasteiger charge is 2.13. The molecule has 0 unspecified atom stereocenters. The predicted molar refractivity (Wildman–Crippen MR) is 77.9 cm³/mol. The predicted octanol–water partition coefficient (Wildman–Crippen LogP) is 2.59. The second-order valence-electron chi connectivity index (χ2n) is 4.47. The average Bonchev–Trinajstić information content (AvgIpc) is 2.39. The van der Waals surface area contributed by atoms with E-state index in [1.807, 2.05) is 24.3 Å². The van der Waals surface area contributed by atoms with Crippen LogP contribution in [-0.4, -0.2) is 17.2 Å². The molecule has 0 fully saturated rings. The molecule has 0 aliphatic rings. The number of rotatable bonds is 1. The number of aliphatic hydroxyl groups is 1. The van der Waals surface area contributed by atoms with Crippen molar-refractivity contribution in [3.63, 3.8) is 0 Å². The quantitative estimate of drug-likeness (QED) is 0.786. The lowest BCUT2D eigenvalue weighted by atomic mass is 9.88. The Morgan fingerprint density at radius 1 is 1.26 bits per heavy atom. The molecule has 1 N–H and O–H groups in total. The van der Waals surface area contributed by atoms with Gasteiger partial charge in [-0.2, -0.15) is 0 Å². The summed E-state index contributed by atoms with van der Waals surface area (Å²) < 4.78 is 4.97. The molecule has 0 saturated carbocycles. The first kappa shape index (κ1) is 16.4. The van der Waals surface area contributed by atoms with Crippen molar-refractivity contribution in [1.29, 1.82) is 0 Å². The summed E-state index contributed by atoms with van der Waals surface area (Å²) in [4.78, 5) is 4.14. The summed E-state index contributed by atoms with van der Waals surface area (Å²) in [5.74, 6) is 9.13. The van der Waals surface area contributed by atoms with Crippen LogP contribution in [0.25, 0.3) is 0 Å². The van der Waals surface area contributed by atoms with Gasteiger partial charge in [-0.1, -0.05) is 26.8 Å². The van der Waals surface area contributed by atoms with E-state index >= 15 is 0 Å². The Morgan fingerprint density at radius 3 is 2.32 bits per heavy atom. The number of hydrogen-bond acceptors (Lipinski definition) is 3. The second-order valence-corrected chi connectivity index (χ2v) is 4.47. The number of methoxy groups -OCH3 is 1. The Bertz CT molecular complexity index is 543. The largest absolute Gasteiger partial charge is 0.481 e. The van der Waals surface area contributed by atoms with E-state index in [1.165, 1.54) is 5.56 Å². The Hall–Kier alpha value is -2.57. The van der Waals surface area contributed by atoms with Crippen LogP contribution in [0.4, 0.5) is 0 Å². The van der Waals surface area contributed by atoms with Gasteiger partial charge in [-0.15, -0.1) is 6.42 Å². The van der Waals surface area contributed by atoms with Gasteiger partial charge in [0.1, 0.15) is 6.11 Å². The summed E-state index contributed by atoms with van der Waals surface area (Å²) in [6.07, 6.45) is 8.14. The molecule has 19 heavy (non-hydrogen) atoms. The van der Waals surface area contributed by atoms with Crippen molar-refractivity contribution >= 4 is 0 Å². The van der Waals surface area contributed by atoms with Crippen LogP contribution < -0.4 is 4.74 Å². The van der Waals surface area contributed by atoms with Crippen molar-refractivity contribution in [3.8, 4) is 42.1 Å². The molecule has 1 aromatic heterocycles. The van der Waals surface area contributed by atoms with Gasteiger partial charge in [0, 0.05) is 25.5 Å². The van der Waals surface area contributed by atoms with Crippen LogP contribution in [0.1, 0.15) is 27.8 Å². The van der Waals surface area contributed by atoms with Gasteiger partial charge in [0.2, 0.25) is 5.88 Å². The fourth-order valence-corrected chi connectivity index (χ4v) is 1.04. The summed E-state index contributed by atoms with van der Waals surface area (Å²) in [5, 5.41) is 7.76. The molecule has 0 aliphatic carbocycles. The molecule has 0 radical (unpaired) electrons. The normalized spacial score (nSPS) is 8.37. The molecular formula is C16H19NO2. The molecule has 1 heterocycles. The van der Waals surface area contributed by atoms with E-state index in [0.29, 0.717) is 5.88 Å². The molecule has 0 aromatic carbocycles. The number of aromatic nitrogens is 1. The van der Waals surface area contributed by atoms with Gasteiger partial charge in [0.15, 0.2) is 0 Å². The number of nitrogens with zero attached hydrogens (tertiary/aromatic N) is 1. The van der Waals surface area contributed by atoms with E-state index in [9.17, 15) is 0 Å². The van der Waals surface area contributed by atoms with Crippen molar-refractivity contribution in [2.75, 3.05) is 7.11 Å². The molecule has 0 bridgehead atoms. The number of hydrogen-bond donors (Lipinski definition) is 1. The third kappa shape index (κ3) is 7.37. The smallest absolute Gasteiger partial charge is 0.212 e. The zero-order valence-electron chi connectivity index (χ0n) is 11.6. The molecule has 0 saturated heterocycles. The number of terminal acetylenes is 1. The summed E-state index contributed by atoms with van der Waals surface area (Å²) in [7, 11) is 1.62. The molecule has 1 rings (SSSR count). The van der Waals surface area contributed by atoms with Crippen LogP contribution in [0.3, 0.4) is 0 Å².